The third kappa shape index (κ3) is 3.85. The van der Waals surface area contributed by atoms with Gasteiger partial charge in [0.15, 0.2) is 0 Å². The van der Waals surface area contributed by atoms with E-state index in [1.807, 2.05) is 62.9 Å². The Balaban J connectivity index is 1.81. The van der Waals surface area contributed by atoms with Gasteiger partial charge in [0.25, 0.3) is 11.8 Å². The lowest BCUT2D eigenvalue weighted by molar-refractivity contribution is -0.120. The monoisotopic (exact) mass is 433 g/mol. The van der Waals surface area contributed by atoms with Gasteiger partial charge < -0.3 is 10.0 Å². The van der Waals surface area contributed by atoms with Gasteiger partial charge in [-0.05, 0) is 56.0 Å². The van der Waals surface area contributed by atoms with Crippen LogP contribution in [0.5, 0.6) is 0 Å². The van der Waals surface area contributed by atoms with Crippen molar-refractivity contribution in [1.82, 2.24) is 9.80 Å². The van der Waals surface area contributed by atoms with Crippen molar-refractivity contribution >= 4 is 23.1 Å². The molecule has 6 heteroatoms. The first kappa shape index (κ1) is 22.2. The van der Waals surface area contributed by atoms with Gasteiger partial charge >= 0.3 is 0 Å². The average Bonchev–Trinajstić information content (AvgIpc) is 3.01. The number of nitrogens with zero attached hydrogens (tertiary/aromatic N) is 3. The van der Waals surface area contributed by atoms with Crippen molar-refractivity contribution in [3.05, 3.63) is 69.9 Å². The predicted octanol–water partition coefficient (Wildman–Crippen LogP) is 2.81. The summed E-state index contributed by atoms with van der Waals surface area (Å²) in [7, 11) is 0. The van der Waals surface area contributed by atoms with Crippen LogP contribution >= 0.6 is 0 Å². The Morgan fingerprint density at radius 1 is 0.875 bits per heavy atom. The number of aliphatic hydroxyl groups is 1. The number of aryl methyl sites for hydroxylation is 3. The predicted molar refractivity (Wildman–Crippen MR) is 126 cm³/mol. The van der Waals surface area contributed by atoms with Crippen LogP contribution in [0.25, 0.3) is 5.57 Å². The second-order valence-electron chi connectivity index (χ2n) is 8.76. The van der Waals surface area contributed by atoms with Crippen LogP contribution in [0.4, 0.5) is 5.69 Å². The van der Waals surface area contributed by atoms with E-state index in [2.05, 4.69) is 11.0 Å². The van der Waals surface area contributed by atoms with Gasteiger partial charge in [-0.2, -0.15) is 0 Å². The summed E-state index contributed by atoms with van der Waals surface area (Å²) in [6.45, 7) is 11.5. The number of piperazine rings is 1. The molecule has 0 saturated carbocycles. The zero-order valence-electron chi connectivity index (χ0n) is 19.3. The Morgan fingerprint density at radius 3 is 2.25 bits per heavy atom. The number of aliphatic hydroxyl groups excluding tert-OH is 1. The third-order valence-electron chi connectivity index (χ3n) is 6.63. The van der Waals surface area contributed by atoms with Gasteiger partial charge in [0.05, 0.1) is 17.9 Å². The minimum Gasteiger partial charge on any atom is -0.395 e. The number of β-amino-alcohol motifs (C(OH)–C–C–N with tert-alkyl or cyclic N) is 1. The number of rotatable bonds is 5. The lowest BCUT2D eigenvalue weighted by atomic mass is 9.97. The lowest BCUT2D eigenvalue weighted by Gasteiger charge is -2.36. The molecule has 2 heterocycles. The minimum absolute atomic E-state index is 0.119. The Hall–Kier alpha value is -2.96. The van der Waals surface area contributed by atoms with Crippen LogP contribution in [0.15, 0.2) is 42.1 Å². The van der Waals surface area contributed by atoms with E-state index in [9.17, 15) is 14.7 Å². The van der Waals surface area contributed by atoms with Crippen LogP contribution in [0.1, 0.15) is 27.8 Å². The van der Waals surface area contributed by atoms with Gasteiger partial charge in [0, 0.05) is 32.7 Å². The normalized spacial score (nSPS) is 17.7. The van der Waals surface area contributed by atoms with Crippen LogP contribution in [0.2, 0.25) is 0 Å². The summed E-state index contributed by atoms with van der Waals surface area (Å²) in [4.78, 5) is 33.2. The second-order valence-corrected chi connectivity index (χ2v) is 8.76. The van der Waals surface area contributed by atoms with Gasteiger partial charge in [0.2, 0.25) is 0 Å². The molecule has 0 aromatic heterocycles. The fourth-order valence-corrected chi connectivity index (χ4v) is 4.68. The van der Waals surface area contributed by atoms with Crippen molar-refractivity contribution in [2.45, 2.75) is 27.7 Å². The second kappa shape index (κ2) is 8.88. The van der Waals surface area contributed by atoms with E-state index in [0.29, 0.717) is 36.6 Å². The molecule has 0 aliphatic carbocycles. The number of amides is 2. The first-order valence-electron chi connectivity index (χ1n) is 11.2. The highest BCUT2D eigenvalue weighted by Gasteiger charge is 2.43. The maximum atomic E-state index is 13.8. The quantitative estimate of drug-likeness (QED) is 0.735. The van der Waals surface area contributed by atoms with Crippen LogP contribution in [0.3, 0.4) is 0 Å². The molecule has 2 aliphatic heterocycles. The number of carbonyl (C=O) groups is 2. The molecule has 0 bridgehead atoms. The number of imide groups is 1. The van der Waals surface area contributed by atoms with Crippen molar-refractivity contribution in [1.29, 1.82) is 0 Å². The van der Waals surface area contributed by atoms with E-state index in [4.69, 9.17) is 0 Å². The molecule has 2 amide bonds. The van der Waals surface area contributed by atoms with Crippen molar-refractivity contribution in [3.8, 4) is 0 Å². The maximum Gasteiger partial charge on any atom is 0.282 e. The van der Waals surface area contributed by atoms with E-state index < -0.39 is 0 Å². The number of anilines is 1. The first-order chi connectivity index (χ1) is 15.3. The zero-order valence-corrected chi connectivity index (χ0v) is 19.3. The lowest BCUT2D eigenvalue weighted by Crippen LogP contribution is -2.48. The first-order valence-corrected chi connectivity index (χ1v) is 11.2. The molecular formula is C26H31N3O3. The van der Waals surface area contributed by atoms with Crippen molar-refractivity contribution in [2.75, 3.05) is 44.2 Å². The highest BCUT2D eigenvalue weighted by molar-refractivity contribution is 6.45. The van der Waals surface area contributed by atoms with Crippen LogP contribution in [-0.4, -0.2) is 66.1 Å². The highest BCUT2D eigenvalue weighted by Crippen LogP contribution is 2.38. The molecule has 2 aromatic rings. The summed E-state index contributed by atoms with van der Waals surface area (Å²) in [6.07, 6.45) is 0. The zero-order chi connectivity index (χ0) is 23.0. The molecule has 0 radical (unpaired) electrons. The van der Waals surface area contributed by atoms with Crippen molar-refractivity contribution in [2.24, 2.45) is 0 Å². The van der Waals surface area contributed by atoms with Gasteiger partial charge in [0.1, 0.15) is 5.70 Å². The largest absolute Gasteiger partial charge is 0.395 e. The molecule has 0 unspecified atom stereocenters. The molecule has 168 valence electrons. The van der Waals surface area contributed by atoms with Crippen molar-refractivity contribution in [3.63, 3.8) is 0 Å². The van der Waals surface area contributed by atoms with Gasteiger partial charge in [-0.25, -0.2) is 4.90 Å². The minimum atomic E-state index is -0.261. The summed E-state index contributed by atoms with van der Waals surface area (Å²) in [6, 6.07) is 11.7. The van der Waals surface area contributed by atoms with E-state index in [1.54, 1.807) is 0 Å². The highest BCUT2D eigenvalue weighted by atomic mass is 16.3. The van der Waals surface area contributed by atoms with E-state index in [1.165, 1.54) is 4.90 Å². The van der Waals surface area contributed by atoms with Gasteiger partial charge in [-0.15, -0.1) is 0 Å². The Morgan fingerprint density at radius 2 is 1.59 bits per heavy atom. The summed E-state index contributed by atoms with van der Waals surface area (Å²) in [5.41, 5.74) is 6.53. The summed E-state index contributed by atoms with van der Waals surface area (Å²) in [5.74, 6) is -0.516. The summed E-state index contributed by atoms with van der Waals surface area (Å²) in [5, 5.41) is 9.26. The van der Waals surface area contributed by atoms with Crippen LogP contribution < -0.4 is 4.90 Å². The third-order valence-corrected chi connectivity index (χ3v) is 6.63. The molecule has 1 fully saturated rings. The Kier molecular flexibility index (Phi) is 6.17. The van der Waals surface area contributed by atoms with Gasteiger partial charge in [-0.3, -0.25) is 14.5 Å². The molecule has 2 aromatic carbocycles. The van der Waals surface area contributed by atoms with Gasteiger partial charge in [-0.1, -0.05) is 35.9 Å². The molecule has 1 saturated heterocycles. The molecule has 32 heavy (non-hydrogen) atoms. The molecule has 6 nitrogen and oxygen atoms in total. The number of carbonyl (C=O) groups excluding carboxylic acids is 2. The molecule has 0 spiro atoms. The number of hydrogen-bond acceptors (Lipinski definition) is 5. The molecule has 4 rings (SSSR count). The molecule has 0 atom stereocenters. The SMILES string of the molecule is Cc1ccc(C2=C(N3CCN(CCO)CC3)C(=O)N(c3cccc(C)c3C)C2=O)c(C)c1. The summed E-state index contributed by atoms with van der Waals surface area (Å²) >= 11 is 0. The van der Waals surface area contributed by atoms with E-state index in [-0.39, 0.29) is 18.4 Å². The fourth-order valence-electron chi connectivity index (χ4n) is 4.68. The van der Waals surface area contributed by atoms with Crippen molar-refractivity contribution < 1.29 is 14.7 Å². The standard InChI is InChI=1S/C26H31N3O3/c1-17-8-9-21(19(3)16-17)23-24(28-12-10-27(11-13-28)14-15-30)26(32)29(25(23)31)22-7-5-6-18(2)20(22)4/h5-9,16,30H,10-15H2,1-4H3. The van der Waals surface area contributed by atoms with Crippen LogP contribution in [-0.2, 0) is 9.59 Å². The van der Waals surface area contributed by atoms with E-state index in [0.717, 1.165) is 40.9 Å². The number of benzene rings is 2. The fraction of sp³-hybridized carbons (Fsp3) is 0.385. The Bertz CT molecular complexity index is 1100. The summed E-state index contributed by atoms with van der Waals surface area (Å²) < 4.78 is 0. The average molecular weight is 434 g/mol. The topological polar surface area (TPSA) is 64.1 Å². The molecule has 1 N–H and O–H groups in total. The smallest absolute Gasteiger partial charge is 0.282 e. The van der Waals surface area contributed by atoms with E-state index >= 15 is 0 Å². The van der Waals surface area contributed by atoms with Crippen LogP contribution in [0, 0.1) is 27.7 Å². The molecular weight excluding hydrogens is 402 g/mol. The Labute approximate surface area is 189 Å². The number of hydrogen-bond donors (Lipinski definition) is 1. The maximum absolute atomic E-state index is 13.8. The molecule has 2 aliphatic rings.